The van der Waals surface area contributed by atoms with Crippen LogP contribution in [-0.2, 0) is 4.74 Å². The maximum atomic E-state index is 12.5. The Morgan fingerprint density at radius 2 is 2.26 bits per heavy atom. The number of hydrogen-bond acceptors (Lipinski definition) is 2. The molecule has 0 spiro atoms. The minimum atomic E-state index is 0.0606. The molecule has 2 atom stereocenters. The lowest BCUT2D eigenvalue weighted by molar-refractivity contribution is 0.0575. The second-order valence-electron chi connectivity index (χ2n) is 5.13. The van der Waals surface area contributed by atoms with Gasteiger partial charge < -0.3 is 14.6 Å². The van der Waals surface area contributed by atoms with E-state index in [0.717, 1.165) is 29.5 Å². The van der Waals surface area contributed by atoms with Crippen LogP contribution in [-0.4, -0.2) is 41.6 Å². The van der Waals surface area contributed by atoms with E-state index in [4.69, 9.17) is 4.74 Å². The first-order chi connectivity index (χ1) is 9.16. The molecule has 1 aliphatic rings. The van der Waals surface area contributed by atoms with Crippen LogP contribution >= 0.6 is 0 Å². The van der Waals surface area contributed by atoms with Crippen molar-refractivity contribution in [2.75, 3.05) is 13.7 Å². The lowest BCUT2D eigenvalue weighted by Gasteiger charge is -2.26. The van der Waals surface area contributed by atoms with Gasteiger partial charge in [-0.3, -0.25) is 4.79 Å². The minimum Gasteiger partial charge on any atom is -0.376 e. The molecule has 0 bridgehead atoms. The summed E-state index contributed by atoms with van der Waals surface area (Å²) in [6.07, 6.45) is 2.91. The van der Waals surface area contributed by atoms with Crippen molar-refractivity contribution in [2.45, 2.75) is 25.5 Å². The number of carbonyl (C=O) groups excluding carboxylic acids is 1. The summed E-state index contributed by atoms with van der Waals surface area (Å²) in [6.45, 7) is 2.76. The average Bonchev–Trinajstić information content (AvgIpc) is 3.04. The molecule has 2 aromatic rings. The third kappa shape index (κ3) is 2.12. The lowest BCUT2D eigenvalue weighted by Crippen LogP contribution is -2.40. The van der Waals surface area contributed by atoms with Crippen molar-refractivity contribution >= 4 is 16.8 Å². The summed E-state index contributed by atoms with van der Waals surface area (Å²) in [6, 6.07) is 7.91. The minimum absolute atomic E-state index is 0.0606. The molecule has 4 nitrogen and oxygen atoms in total. The molecule has 0 aliphatic carbocycles. The summed E-state index contributed by atoms with van der Waals surface area (Å²) in [5.74, 6) is 0.0606. The molecule has 3 rings (SSSR count). The fraction of sp³-hybridized carbons (Fsp3) is 0.400. The zero-order valence-corrected chi connectivity index (χ0v) is 11.2. The molecule has 1 aliphatic heterocycles. The molecule has 1 N–H and O–H groups in total. The summed E-state index contributed by atoms with van der Waals surface area (Å²) in [5.41, 5.74) is 1.78. The maximum absolute atomic E-state index is 12.5. The third-order valence-electron chi connectivity index (χ3n) is 3.95. The zero-order chi connectivity index (χ0) is 13.4. The largest absolute Gasteiger partial charge is 0.376 e. The number of rotatable bonds is 2. The predicted octanol–water partition coefficient (Wildman–Crippen LogP) is 2.42. The van der Waals surface area contributed by atoms with Crippen LogP contribution in [0, 0.1) is 0 Å². The van der Waals surface area contributed by atoms with Gasteiger partial charge in [-0.2, -0.15) is 0 Å². The van der Waals surface area contributed by atoms with Crippen LogP contribution in [0.3, 0.4) is 0 Å². The number of ether oxygens (including phenoxy) is 1. The van der Waals surface area contributed by atoms with Gasteiger partial charge in [-0.15, -0.1) is 0 Å². The summed E-state index contributed by atoms with van der Waals surface area (Å²) < 4.78 is 5.53. The molecule has 1 aromatic heterocycles. The van der Waals surface area contributed by atoms with Gasteiger partial charge >= 0.3 is 0 Å². The predicted molar refractivity (Wildman–Crippen MR) is 74.2 cm³/mol. The highest BCUT2D eigenvalue weighted by Crippen LogP contribution is 2.21. The van der Waals surface area contributed by atoms with E-state index in [1.54, 1.807) is 0 Å². The van der Waals surface area contributed by atoms with Crippen molar-refractivity contribution in [1.29, 1.82) is 0 Å². The van der Waals surface area contributed by atoms with Gasteiger partial charge in [0.2, 0.25) is 0 Å². The van der Waals surface area contributed by atoms with E-state index in [0.29, 0.717) is 0 Å². The highest BCUT2D eigenvalue weighted by Gasteiger charge is 2.30. The highest BCUT2D eigenvalue weighted by molar-refractivity contribution is 5.98. The Balaban J connectivity index is 1.86. The second kappa shape index (κ2) is 4.70. The molecule has 19 heavy (non-hydrogen) atoms. The molecular formula is C15H18N2O2. The molecule has 0 radical (unpaired) electrons. The molecule has 2 unspecified atom stereocenters. The van der Waals surface area contributed by atoms with Gasteiger partial charge in [0.15, 0.2) is 0 Å². The van der Waals surface area contributed by atoms with E-state index in [9.17, 15) is 4.79 Å². The Kier molecular flexibility index (Phi) is 3.03. The summed E-state index contributed by atoms with van der Waals surface area (Å²) in [4.78, 5) is 17.4. The Labute approximate surface area is 112 Å². The van der Waals surface area contributed by atoms with Crippen LogP contribution in [0.2, 0.25) is 0 Å². The quantitative estimate of drug-likeness (QED) is 0.899. The van der Waals surface area contributed by atoms with Crippen LogP contribution in [0.15, 0.2) is 30.5 Å². The average molecular weight is 258 g/mol. The van der Waals surface area contributed by atoms with Crippen molar-refractivity contribution < 1.29 is 9.53 Å². The number of amides is 1. The number of benzene rings is 1. The monoisotopic (exact) mass is 258 g/mol. The number of likely N-dealkylation sites (N-methyl/N-ethyl adjacent to an activating group) is 1. The van der Waals surface area contributed by atoms with Gasteiger partial charge in [-0.25, -0.2) is 0 Å². The van der Waals surface area contributed by atoms with Crippen LogP contribution in [0.4, 0.5) is 0 Å². The Morgan fingerprint density at radius 1 is 1.42 bits per heavy atom. The molecule has 0 saturated carbocycles. The van der Waals surface area contributed by atoms with Gasteiger partial charge in [-0.05, 0) is 37.6 Å². The summed E-state index contributed by atoms with van der Waals surface area (Å²) in [5, 5.41) is 1.06. The number of aromatic amines is 1. The molecule has 1 saturated heterocycles. The van der Waals surface area contributed by atoms with Crippen molar-refractivity contribution in [3.05, 3.63) is 36.0 Å². The maximum Gasteiger partial charge on any atom is 0.253 e. The number of fused-ring (bicyclic) bond motifs is 1. The Morgan fingerprint density at radius 3 is 3.00 bits per heavy atom. The van der Waals surface area contributed by atoms with Crippen LogP contribution in [0.25, 0.3) is 10.9 Å². The van der Waals surface area contributed by atoms with E-state index in [-0.39, 0.29) is 18.1 Å². The van der Waals surface area contributed by atoms with E-state index >= 15 is 0 Å². The highest BCUT2D eigenvalue weighted by atomic mass is 16.5. The van der Waals surface area contributed by atoms with Gasteiger partial charge in [0, 0.05) is 36.3 Å². The van der Waals surface area contributed by atoms with Crippen LogP contribution in [0.5, 0.6) is 0 Å². The second-order valence-corrected chi connectivity index (χ2v) is 5.13. The lowest BCUT2D eigenvalue weighted by atomic mass is 10.1. The number of nitrogens with zero attached hydrogens (tertiary/aromatic N) is 1. The first-order valence-corrected chi connectivity index (χ1v) is 6.63. The standard InChI is InChI=1S/C15H18N2O2/c1-10-14(6-8-19-10)17(2)15(18)12-3-4-13-11(9-12)5-7-16-13/h3-5,7,9-10,14,16H,6,8H2,1-2H3. The topological polar surface area (TPSA) is 45.3 Å². The molecule has 1 fully saturated rings. The van der Waals surface area contributed by atoms with Gasteiger partial charge in [0.25, 0.3) is 5.91 Å². The fourth-order valence-electron chi connectivity index (χ4n) is 2.77. The number of aromatic nitrogens is 1. The van der Waals surface area contributed by atoms with Gasteiger partial charge in [0.1, 0.15) is 0 Å². The van der Waals surface area contributed by atoms with E-state index < -0.39 is 0 Å². The summed E-state index contributed by atoms with van der Waals surface area (Å²) in [7, 11) is 1.86. The van der Waals surface area contributed by atoms with Gasteiger partial charge in [-0.1, -0.05) is 0 Å². The van der Waals surface area contributed by atoms with Crippen molar-refractivity contribution in [2.24, 2.45) is 0 Å². The van der Waals surface area contributed by atoms with Gasteiger partial charge in [0.05, 0.1) is 12.1 Å². The third-order valence-corrected chi connectivity index (χ3v) is 3.95. The Hall–Kier alpha value is -1.81. The van der Waals surface area contributed by atoms with Crippen molar-refractivity contribution in [1.82, 2.24) is 9.88 Å². The van der Waals surface area contributed by atoms with Crippen LogP contribution in [0.1, 0.15) is 23.7 Å². The molecule has 1 aromatic carbocycles. The van der Waals surface area contributed by atoms with E-state index in [2.05, 4.69) is 4.98 Å². The van der Waals surface area contributed by atoms with E-state index in [1.165, 1.54) is 0 Å². The number of H-pyrrole nitrogens is 1. The summed E-state index contributed by atoms with van der Waals surface area (Å²) >= 11 is 0. The Bertz CT molecular complexity index is 605. The molecular weight excluding hydrogens is 240 g/mol. The smallest absolute Gasteiger partial charge is 0.253 e. The zero-order valence-electron chi connectivity index (χ0n) is 11.2. The first kappa shape index (κ1) is 12.2. The first-order valence-electron chi connectivity index (χ1n) is 6.63. The SMILES string of the molecule is CC1OCCC1N(C)C(=O)c1ccc2[nH]ccc2c1. The van der Waals surface area contributed by atoms with Crippen LogP contribution < -0.4 is 0 Å². The molecule has 1 amide bonds. The van der Waals surface area contributed by atoms with Crippen molar-refractivity contribution in [3.63, 3.8) is 0 Å². The fourth-order valence-corrected chi connectivity index (χ4v) is 2.77. The number of hydrogen-bond donors (Lipinski definition) is 1. The molecule has 4 heteroatoms. The van der Waals surface area contributed by atoms with Crippen molar-refractivity contribution in [3.8, 4) is 0 Å². The number of nitrogens with one attached hydrogen (secondary N) is 1. The molecule has 2 heterocycles. The molecule has 100 valence electrons. The van der Waals surface area contributed by atoms with E-state index in [1.807, 2.05) is 49.3 Å². The number of carbonyl (C=O) groups is 1. The normalized spacial score (nSPS) is 22.8.